The van der Waals surface area contributed by atoms with Gasteiger partial charge in [0.15, 0.2) is 0 Å². The number of hydrogen-bond donors (Lipinski definition) is 1. The van der Waals surface area contributed by atoms with E-state index in [0.29, 0.717) is 18.4 Å². The van der Waals surface area contributed by atoms with Gasteiger partial charge in [0.2, 0.25) is 0 Å². The van der Waals surface area contributed by atoms with Crippen molar-refractivity contribution in [1.82, 2.24) is 0 Å². The Morgan fingerprint density at radius 2 is 1.39 bits per heavy atom. The average molecular weight is 352 g/mol. The molecule has 0 atom stereocenters. The third-order valence-electron chi connectivity index (χ3n) is 3.66. The Balaban J connectivity index is 2.17. The fourth-order valence-corrected chi connectivity index (χ4v) is 3.24. The summed E-state index contributed by atoms with van der Waals surface area (Å²) in [6.45, 7) is 0. The number of unbranched alkanes of at least 4 members (excludes halogenated alkanes) is 6. The van der Waals surface area contributed by atoms with E-state index in [2.05, 4.69) is 0 Å². The van der Waals surface area contributed by atoms with Crippen LogP contribution in [0.15, 0.2) is 29.2 Å². The van der Waals surface area contributed by atoms with Crippen LogP contribution in [0.1, 0.15) is 56.9 Å². The highest BCUT2D eigenvalue weighted by atomic mass is 32.2. The van der Waals surface area contributed by atoms with Crippen LogP contribution in [0.3, 0.4) is 0 Å². The maximum absolute atomic E-state index is 11.9. The molecule has 0 aliphatic rings. The smallest absolute Gasteiger partial charge is 0.282 e. The van der Waals surface area contributed by atoms with Gasteiger partial charge in [0, 0.05) is 6.42 Å². The van der Waals surface area contributed by atoms with Crippen molar-refractivity contribution in [3.8, 4) is 0 Å². The normalized spacial score (nSPS) is 12.5. The topological polar surface area (TPSA) is 54.4 Å². The number of aryl methyl sites for hydroxylation is 1. The third kappa shape index (κ3) is 8.95. The van der Waals surface area contributed by atoms with Crippen LogP contribution in [-0.2, 0) is 16.5 Å². The molecule has 0 aliphatic carbocycles. The summed E-state index contributed by atoms with van der Waals surface area (Å²) in [5.74, 6) is 0. The van der Waals surface area contributed by atoms with Crippen LogP contribution in [-0.4, -0.2) is 19.1 Å². The molecular formula is C16H23F3O3S. The molecule has 1 aromatic carbocycles. The molecule has 0 unspecified atom stereocenters. The molecule has 0 fully saturated rings. The summed E-state index contributed by atoms with van der Waals surface area (Å²) in [6, 6.07) is 6.35. The summed E-state index contributed by atoms with van der Waals surface area (Å²) in [5.41, 5.74) is 0.597. The number of alkyl halides is 3. The van der Waals surface area contributed by atoms with Crippen molar-refractivity contribution in [2.75, 3.05) is 0 Å². The van der Waals surface area contributed by atoms with Gasteiger partial charge in [0.05, 0.1) is 4.90 Å². The van der Waals surface area contributed by atoms with Gasteiger partial charge in [-0.25, -0.2) is 0 Å². The molecule has 1 N–H and O–H groups in total. The monoisotopic (exact) mass is 352 g/mol. The molecule has 0 heterocycles. The lowest BCUT2D eigenvalue weighted by Gasteiger charge is -2.07. The second-order valence-electron chi connectivity index (χ2n) is 5.67. The van der Waals surface area contributed by atoms with Crippen LogP contribution in [0, 0.1) is 0 Å². The zero-order valence-electron chi connectivity index (χ0n) is 13.0. The molecule has 0 saturated heterocycles. The average Bonchev–Trinajstić information content (AvgIpc) is 2.43. The first kappa shape index (κ1) is 20.0. The van der Waals surface area contributed by atoms with E-state index in [-0.39, 0.29) is 11.3 Å². The Kier molecular flexibility index (Phi) is 8.05. The number of benzene rings is 1. The third-order valence-corrected chi connectivity index (χ3v) is 4.61. The summed E-state index contributed by atoms with van der Waals surface area (Å²) in [5, 5.41) is 0. The van der Waals surface area contributed by atoms with Crippen molar-refractivity contribution in [3.05, 3.63) is 29.8 Å². The lowest BCUT2D eigenvalue weighted by atomic mass is 10.0. The van der Waals surface area contributed by atoms with Gasteiger partial charge in [-0.15, -0.1) is 0 Å². The van der Waals surface area contributed by atoms with E-state index < -0.39 is 22.7 Å². The largest absolute Gasteiger partial charge is 0.389 e. The molecule has 0 saturated carbocycles. The zero-order chi connectivity index (χ0) is 17.3. The van der Waals surface area contributed by atoms with Gasteiger partial charge in [0.1, 0.15) is 0 Å². The maximum atomic E-state index is 11.9. The highest BCUT2D eigenvalue weighted by Crippen LogP contribution is 2.23. The van der Waals surface area contributed by atoms with Gasteiger partial charge in [-0.1, -0.05) is 50.3 Å². The van der Waals surface area contributed by atoms with Crippen molar-refractivity contribution in [2.24, 2.45) is 0 Å². The molecule has 23 heavy (non-hydrogen) atoms. The summed E-state index contributed by atoms with van der Waals surface area (Å²) in [6.07, 6.45) is 0.837. The van der Waals surface area contributed by atoms with Crippen LogP contribution in [0.5, 0.6) is 0 Å². The highest BCUT2D eigenvalue weighted by Gasteiger charge is 2.25. The molecule has 0 aliphatic heterocycles. The van der Waals surface area contributed by atoms with E-state index in [4.69, 9.17) is 4.55 Å². The second kappa shape index (κ2) is 9.27. The first-order chi connectivity index (χ1) is 10.7. The minimum absolute atomic E-state index is 0.0489. The summed E-state index contributed by atoms with van der Waals surface area (Å²) in [4.78, 5) is -0.0489. The fourth-order valence-electron chi connectivity index (χ4n) is 2.49. The fraction of sp³-hybridized carbons (Fsp3) is 0.625. The Labute approximate surface area is 135 Å². The Morgan fingerprint density at radius 3 is 1.96 bits per heavy atom. The minimum atomic E-state index is -4.20. The van der Waals surface area contributed by atoms with E-state index in [1.165, 1.54) is 6.07 Å². The second-order valence-corrected chi connectivity index (χ2v) is 7.06. The van der Waals surface area contributed by atoms with Gasteiger partial charge in [0.25, 0.3) is 10.1 Å². The SMILES string of the molecule is O=S(=O)(O)c1ccccc1CCCCCCCCCC(F)(F)F. The first-order valence-corrected chi connectivity index (χ1v) is 9.26. The standard InChI is InChI=1S/C16H23F3O3S/c17-16(18,19)13-9-5-3-1-2-4-6-10-14-11-7-8-12-15(14)23(20,21)22/h7-8,11-12H,1-6,9-10,13H2,(H,20,21,22). The van der Waals surface area contributed by atoms with Crippen LogP contribution in [0.2, 0.25) is 0 Å². The lowest BCUT2D eigenvalue weighted by molar-refractivity contribution is -0.135. The summed E-state index contributed by atoms with van der Waals surface area (Å²) >= 11 is 0. The quantitative estimate of drug-likeness (QED) is 0.467. The Hall–Kier alpha value is -1.08. The lowest BCUT2D eigenvalue weighted by Crippen LogP contribution is -2.06. The molecular weight excluding hydrogens is 329 g/mol. The summed E-state index contributed by atoms with van der Waals surface area (Å²) < 4.78 is 67.5. The van der Waals surface area contributed by atoms with Crippen LogP contribution in [0.4, 0.5) is 13.2 Å². The van der Waals surface area contributed by atoms with E-state index in [9.17, 15) is 21.6 Å². The molecule has 0 spiro atoms. The van der Waals surface area contributed by atoms with E-state index in [1.54, 1.807) is 18.2 Å². The van der Waals surface area contributed by atoms with Gasteiger partial charge in [-0.3, -0.25) is 4.55 Å². The van der Waals surface area contributed by atoms with Crippen molar-refractivity contribution >= 4 is 10.1 Å². The maximum Gasteiger partial charge on any atom is 0.389 e. The molecule has 7 heteroatoms. The Morgan fingerprint density at radius 1 is 0.870 bits per heavy atom. The number of hydrogen-bond acceptors (Lipinski definition) is 2. The van der Waals surface area contributed by atoms with Gasteiger partial charge >= 0.3 is 6.18 Å². The number of halogens is 3. The van der Waals surface area contributed by atoms with Crippen LogP contribution < -0.4 is 0 Å². The molecule has 1 aromatic rings. The van der Waals surface area contributed by atoms with Crippen LogP contribution in [0.25, 0.3) is 0 Å². The van der Waals surface area contributed by atoms with E-state index >= 15 is 0 Å². The molecule has 132 valence electrons. The molecule has 0 aromatic heterocycles. The van der Waals surface area contributed by atoms with Crippen molar-refractivity contribution < 1.29 is 26.1 Å². The Bertz CT molecular complexity index is 568. The number of rotatable bonds is 10. The van der Waals surface area contributed by atoms with E-state index in [1.807, 2.05) is 0 Å². The van der Waals surface area contributed by atoms with Crippen LogP contribution >= 0.6 is 0 Å². The van der Waals surface area contributed by atoms with Crippen molar-refractivity contribution in [3.63, 3.8) is 0 Å². The van der Waals surface area contributed by atoms with Gasteiger partial charge < -0.3 is 0 Å². The molecule has 1 rings (SSSR count). The molecule has 0 radical (unpaired) electrons. The van der Waals surface area contributed by atoms with Gasteiger partial charge in [-0.2, -0.15) is 21.6 Å². The van der Waals surface area contributed by atoms with Crippen molar-refractivity contribution in [2.45, 2.75) is 68.9 Å². The first-order valence-electron chi connectivity index (χ1n) is 7.82. The minimum Gasteiger partial charge on any atom is -0.282 e. The highest BCUT2D eigenvalue weighted by molar-refractivity contribution is 7.85. The molecule has 0 amide bonds. The predicted molar refractivity (Wildman–Crippen MR) is 83.0 cm³/mol. The van der Waals surface area contributed by atoms with Gasteiger partial charge in [-0.05, 0) is 30.9 Å². The molecule has 0 bridgehead atoms. The summed E-state index contributed by atoms with van der Waals surface area (Å²) in [7, 11) is -4.20. The molecule has 3 nitrogen and oxygen atoms in total. The predicted octanol–water partition coefficient (Wildman–Crippen LogP) is 5.16. The van der Waals surface area contributed by atoms with E-state index in [0.717, 1.165) is 32.1 Å². The van der Waals surface area contributed by atoms with Crippen molar-refractivity contribution in [1.29, 1.82) is 0 Å². The zero-order valence-corrected chi connectivity index (χ0v) is 13.8.